The maximum atomic E-state index is 15.2. The van der Waals surface area contributed by atoms with Crippen LogP contribution in [0, 0.1) is 5.82 Å². The molecule has 0 bridgehead atoms. The van der Waals surface area contributed by atoms with Gasteiger partial charge in [-0.3, -0.25) is 4.57 Å². The van der Waals surface area contributed by atoms with Crippen molar-refractivity contribution >= 4 is 28.3 Å². The predicted molar refractivity (Wildman–Crippen MR) is 204 cm³/mol. The molecule has 0 radical (unpaired) electrons. The Morgan fingerprint density at radius 3 is 2.38 bits per heavy atom. The molecule has 1 aliphatic rings. The first-order valence-corrected chi connectivity index (χ1v) is 17.2. The van der Waals surface area contributed by atoms with Gasteiger partial charge in [-0.05, 0) is 71.6 Å². The number of para-hydroxylation sites is 2. The van der Waals surface area contributed by atoms with Gasteiger partial charge < -0.3 is 19.9 Å². The Balaban J connectivity index is 1.23. The van der Waals surface area contributed by atoms with Crippen LogP contribution in [0.2, 0.25) is 0 Å². The van der Waals surface area contributed by atoms with Crippen LogP contribution in [0.25, 0.3) is 39.2 Å². The van der Waals surface area contributed by atoms with Crippen molar-refractivity contribution in [3.63, 3.8) is 0 Å². The molecule has 1 unspecified atom stereocenters. The van der Waals surface area contributed by atoms with E-state index < -0.39 is 6.04 Å². The molecule has 1 aliphatic carbocycles. The molecule has 0 saturated carbocycles. The Morgan fingerprint density at radius 1 is 0.792 bits per heavy atom. The SMILES string of the molecule is COc1ccccc1-c1cn(C2c3cc(F)ccc3Cc3c2c(-n2cnc(-c4ccccc4)c2)nc2cc(NC(=O)Nc4ccccc4)ccc32)cn1. The molecular formula is C43H32FN7O2. The third-order valence-corrected chi connectivity index (χ3v) is 9.63. The Labute approximate surface area is 304 Å². The van der Waals surface area contributed by atoms with Crippen molar-refractivity contribution in [2.75, 3.05) is 17.7 Å². The zero-order valence-corrected chi connectivity index (χ0v) is 28.6. The summed E-state index contributed by atoms with van der Waals surface area (Å²) < 4.78 is 24.8. The number of anilines is 2. The van der Waals surface area contributed by atoms with E-state index in [4.69, 9.17) is 19.7 Å². The van der Waals surface area contributed by atoms with Gasteiger partial charge in [0, 0.05) is 45.8 Å². The van der Waals surface area contributed by atoms with Crippen molar-refractivity contribution in [2.45, 2.75) is 12.5 Å². The summed E-state index contributed by atoms with van der Waals surface area (Å²) in [6.45, 7) is 0. The number of nitrogens with one attached hydrogen (secondary N) is 2. The highest BCUT2D eigenvalue weighted by atomic mass is 19.1. The highest BCUT2D eigenvalue weighted by Gasteiger charge is 2.33. The molecule has 3 aromatic heterocycles. The van der Waals surface area contributed by atoms with Crippen LogP contribution in [-0.2, 0) is 6.42 Å². The maximum Gasteiger partial charge on any atom is 0.323 e. The van der Waals surface area contributed by atoms with E-state index in [1.54, 1.807) is 25.8 Å². The molecule has 0 spiro atoms. The van der Waals surface area contributed by atoms with Crippen molar-refractivity contribution < 1.29 is 13.9 Å². The summed E-state index contributed by atoms with van der Waals surface area (Å²) in [5.41, 5.74) is 9.05. The van der Waals surface area contributed by atoms with Crippen molar-refractivity contribution in [3.05, 3.63) is 174 Å². The summed E-state index contributed by atoms with van der Waals surface area (Å²) in [5.74, 6) is 1.02. The van der Waals surface area contributed by atoms with Gasteiger partial charge in [0.2, 0.25) is 0 Å². The predicted octanol–water partition coefficient (Wildman–Crippen LogP) is 9.28. The minimum absolute atomic E-state index is 0.323. The van der Waals surface area contributed by atoms with Crippen LogP contribution in [0.1, 0.15) is 28.3 Å². The van der Waals surface area contributed by atoms with Crippen molar-refractivity contribution in [1.29, 1.82) is 0 Å². The molecule has 8 aromatic rings. The first-order chi connectivity index (χ1) is 26.0. The minimum atomic E-state index is -0.482. The molecule has 0 aliphatic heterocycles. The van der Waals surface area contributed by atoms with E-state index in [2.05, 4.69) is 10.6 Å². The van der Waals surface area contributed by atoms with Crippen LogP contribution >= 0.6 is 0 Å². The Hall–Kier alpha value is -7.07. The molecule has 9 nitrogen and oxygen atoms in total. The summed E-state index contributed by atoms with van der Waals surface area (Å²) in [6, 6.07) is 36.9. The maximum absolute atomic E-state index is 15.2. The number of carbonyl (C=O) groups excluding carboxylic acids is 1. The van der Waals surface area contributed by atoms with Crippen molar-refractivity contribution in [2.24, 2.45) is 0 Å². The molecule has 53 heavy (non-hydrogen) atoms. The highest BCUT2D eigenvalue weighted by Crippen LogP contribution is 2.44. The third-order valence-electron chi connectivity index (χ3n) is 9.63. The smallest absolute Gasteiger partial charge is 0.323 e. The lowest BCUT2D eigenvalue weighted by Crippen LogP contribution is -2.23. The topological polar surface area (TPSA) is 98.9 Å². The van der Waals surface area contributed by atoms with Crippen LogP contribution in [0.3, 0.4) is 0 Å². The number of benzene rings is 5. The zero-order valence-electron chi connectivity index (χ0n) is 28.6. The molecule has 0 fully saturated rings. The minimum Gasteiger partial charge on any atom is -0.496 e. The zero-order chi connectivity index (χ0) is 35.9. The number of hydrogen-bond donors (Lipinski definition) is 2. The first kappa shape index (κ1) is 31.9. The van der Waals surface area contributed by atoms with Gasteiger partial charge in [0.1, 0.15) is 23.7 Å². The van der Waals surface area contributed by atoms with Gasteiger partial charge in [0.15, 0.2) is 0 Å². The van der Waals surface area contributed by atoms with Crippen LogP contribution in [0.5, 0.6) is 5.75 Å². The number of nitrogens with zero attached hydrogens (tertiary/aromatic N) is 5. The molecule has 10 heteroatoms. The van der Waals surface area contributed by atoms with Crippen molar-refractivity contribution in [1.82, 2.24) is 24.1 Å². The number of pyridine rings is 1. The molecule has 5 aromatic carbocycles. The highest BCUT2D eigenvalue weighted by molar-refractivity contribution is 6.01. The largest absolute Gasteiger partial charge is 0.496 e. The van der Waals surface area contributed by atoms with Crippen LogP contribution in [0.4, 0.5) is 20.6 Å². The molecule has 2 N–H and O–H groups in total. The summed E-state index contributed by atoms with van der Waals surface area (Å²) in [5, 5.41) is 6.75. The van der Waals surface area contributed by atoms with E-state index in [9.17, 15) is 4.79 Å². The molecule has 1 atom stereocenters. The lowest BCUT2D eigenvalue weighted by atomic mass is 9.80. The van der Waals surface area contributed by atoms with Crippen LogP contribution in [-0.4, -0.2) is 37.2 Å². The summed E-state index contributed by atoms with van der Waals surface area (Å²) >= 11 is 0. The lowest BCUT2D eigenvalue weighted by molar-refractivity contribution is 0.262. The quantitative estimate of drug-likeness (QED) is 0.173. The Bertz CT molecular complexity index is 2640. The third kappa shape index (κ3) is 5.95. The van der Waals surface area contributed by atoms with E-state index >= 15 is 4.39 Å². The summed E-state index contributed by atoms with van der Waals surface area (Å²) in [7, 11) is 1.64. The molecule has 3 heterocycles. The fraction of sp³-hybridized carbons (Fsp3) is 0.0698. The van der Waals surface area contributed by atoms with Gasteiger partial charge in [-0.15, -0.1) is 0 Å². The average Bonchev–Trinajstić information content (AvgIpc) is 3.89. The van der Waals surface area contributed by atoms with E-state index in [0.717, 1.165) is 50.2 Å². The van der Waals surface area contributed by atoms with E-state index in [0.29, 0.717) is 34.9 Å². The van der Waals surface area contributed by atoms with Gasteiger partial charge >= 0.3 is 6.03 Å². The second kappa shape index (κ2) is 13.2. The number of amides is 2. The van der Waals surface area contributed by atoms with Gasteiger partial charge in [0.05, 0.1) is 36.4 Å². The second-order valence-corrected chi connectivity index (χ2v) is 12.9. The number of urea groups is 1. The van der Waals surface area contributed by atoms with Gasteiger partial charge in [-0.25, -0.2) is 24.1 Å². The van der Waals surface area contributed by atoms with Gasteiger partial charge in [0.25, 0.3) is 0 Å². The fourth-order valence-corrected chi connectivity index (χ4v) is 7.21. The normalized spacial score (nSPS) is 13.3. The van der Waals surface area contributed by atoms with Crippen molar-refractivity contribution in [3.8, 4) is 34.1 Å². The second-order valence-electron chi connectivity index (χ2n) is 12.9. The Kier molecular flexibility index (Phi) is 7.96. The first-order valence-electron chi connectivity index (χ1n) is 17.2. The number of carbonyl (C=O) groups is 1. The van der Waals surface area contributed by atoms with Gasteiger partial charge in [-0.1, -0.05) is 72.8 Å². The van der Waals surface area contributed by atoms with Crippen LogP contribution in [0.15, 0.2) is 146 Å². The van der Waals surface area contributed by atoms with E-state index in [1.807, 2.05) is 131 Å². The molecule has 0 saturated heterocycles. The van der Waals surface area contributed by atoms with E-state index in [1.165, 1.54) is 6.07 Å². The lowest BCUT2D eigenvalue weighted by Gasteiger charge is -2.32. The molecule has 2 amide bonds. The molecular weight excluding hydrogens is 666 g/mol. The number of hydrogen-bond acceptors (Lipinski definition) is 5. The van der Waals surface area contributed by atoms with E-state index in [-0.39, 0.29) is 11.8 Å². The number of aromatic nitrogens is 5. The standard InChI is InChI=1S/C43H32FN7O2/c1-53-39-15-9-8-14-33(39)38-24-50(25-46-38)41-34-21-29(44)17-16-28(34)20-35-32-19-18-31(48-43(52)47-30-12-6-3-7-13-30)22-36(32)49-42(40(35)41)51-23-37(45-26-51)27-10-4-2-5-11-27/h2-19,21-26,41H,20H2,1H3,(H2,47,48,52). The number of rotatable bonds is 7. The summed E-state index contributed by atoms with van der Waals surface area (Å²) in [6.07, 6.45) is 8.03. The average molecular weight is 698 g/mol. The number of imidazole rings is 2. The monoisotopic (exact) mass is 697 g/mol. The number of ether oxygens (including phenoxy) is 1. The van der Waals surface area contributed by atoms with Crippen LogP contribution < -0.4 is 15.4 Å². The number of methoxy groups -OCH3 is 1. The molecule has 9 rings (SSSR count). The number of halogens is 1. The number of fused-ring (bicyclic) bond motifs is 4. The fourth-order valence-electron chi connectivity index (χ4n) is 7.21. The molecule has 258 valence electrons. The Morgan fingerprint density at radius 2 is 1.55 bits per heavy atom. The van der Waals surface area contributed by atoms with Gasteiger partial charge in [-0.2, -0.15) is 0 Å². The summed E-state index contributed by atoms with van der Waals surface area (Å²) in [4.78, 5) is 27.9.